The molecule has 0 aliphatic heterocycles. The molecule has 0 saturated heterocycles. The average Bonchev–Trinajstić information content (AvgIpc) is 2.19. The zero-order valence-electron chi connectivity index (χ0n) is 8.40. The third-order valence-corrected chi connectivity index (χ3v) is 2.01. The van der Waals surface area contributed by atoms with Crippen LogP contribution in [0.5, 0.6) is 0 Å². The summed E-state index contributed by atoms with van der Waals surface area (Å²) in [6.07, 6.45) is -0.232. The first-order valence-electron chi connectivity index (χ1n) is 4.71. The van der Waals surface area contributed by atoms with E-state index in [0.717, 1.165) is 5.69 Å². The molecule has 2 atom stereocenters. The molecule has 0 bridgehead atoms. The number of likely N-dealkylation sites (N-methyl/N-ethyl adjacent to an activating group) is 1. The van der Waals surface area contributed by atoms with Gasteiger partial charge in [0, 0.05) is 12.2 Å². The Kier molecular flexibility index (Phi) is 4.39. The van der Waals surface area contributed by atoms with E-state index in [1.54, 1.807) is 0 Å². The number of benzene rings is 1. The van der Waals surface area contributed by atoms with Crippen molar-refractivity contribution in [3.63, 3.8) is 0 Å². The van der Waals surface area contributed by atoms with E-state index in [1.165, 1.54) is 0 Å². The SMILES string of the molecule is CNCC(N)C(N)Nc1ccccc1. The van der Waals surface area contributed by atoms with Crippen molar-refractivity contribution in [2.45, 2.75) is 12.2 Å². The number of nitrogens with two attached hydrogens (primary N) is 2. The molecule has 14 heavy (non-hydrogen) atoms. The molecular formula is C10H18N4. The summed E-state index contributed by atoms with van der Waals surface area (Å²) in [7, 11) is 1.86. The Morgan fingerprint density at radius 3 is 2.43 bits per heavy atom. The molecule has 0 heterocycles. The second-order valence-corrected chi connectivity index (χ2v) is 3.26. The van der Waals surface area contributed by atoms with Crippen LogP contribution in [0.15, 0.2) is 30.3 Å². The van der Waals surface area contributed by atoms with Crippen molar-refractivity contribution in [1.82, 2.24) is 5.32 Å². The van der Waals surface area contributed by atoms with Gasteiger partial charge >= 0.3 is 0 Å². The summed E-state index contributed by atoms with van der Waals surface area (Å²) in [6, 6.07) is 9.71. The van der Waals surface area contributed by atoms with Crippen molar-refractivity contribution in [2.75, 3.05) is 18.9 Å². The van der Waals surface area contributed by atoms with Crippen LogP contribution in [0.3, 0.4) is 0 Å². The van der Waals surface area contributed by atoms with Crippen LogP contribution >= 0.6 is 0 Å². The van der Waals surface area contributed by atoms with Crippen molar-refractivity contribution < 1.29 is 0 Å². The largest absolute Gasteiger partial charge is 0.369 e. The molecule has 0 amide bonds. The molecule has 0 radical (unpaired) electrons. The Balaban J connectivity index is 2.44. The highest BCUT2D eigenvalue weighted by Gasteiger charge is 2.11. The Morgan fingerprint density at radius 2 is 1.86 bits per heavy atom. The van der Waals surface area contributed by atoms with Crippen LogP contribution in [-0.4, -0.2) is 25.8 Å². The van der Waals surface area contributed by atoms with Crippen LogP contribution < -0.4 is 22.1 Å². The van der Waals surface area contributed by atoms with Crippen molar-refractivity contribution in [1.29, 1.82) is 0 Å². The molecule has 2 unspecified atom stereocenters. The third kappa shape index (κ3) is 3.33. The number of hydrogen-bond donors (Lipinski definition) is 4. The van der Waals surface area contributed by atoms with E-state index in [1.807, 2.05) is 37.4 Å². The van der Waals surface area contributed by atoms with Gasteiger partial charge in [0.25, 0.3) is 0 Å². The van der Waals surface area contributed by atoms with Crippen LogP contribution in [0.1, 0.15) is 0 Å². The maximum absolute atomic E-state index is 5.86. The van der Waals surface area contributed by atoms with Crippen LogP contribution in [0, 0.1) is 0 Å². The molecule has 78 valence electrons. The van der Waals surface area contributed by atoms with Crippen molar-refractivity contribution in [2.24, 2.45) is 11.5 Å². The predicted molar refractivity (Wildman–Crippen MR) is 59.9 cm³/mol. The fourth-order valence-electron chi connectivity index (χ4n) is 1.20. The zero-order chi connectivity index (χ0) is 10.4. The van der Waals surface area contributed by atoms with Crippen molar-refractivity contribution >= 4 is 5.69 Å². The molecule has 1 aromatic carbocycles. The van der Waals surface area contributed by atoms with Crippen LogP contribution in [0.2, 0.25) is 0 Å². The maximum atomic E-state index is 5.86. The van der Waals surface area contributed by atoms with Gasteiger partial charge in [-0.3, -0.25) is 0 Å². The van der Waals surface area contributed by atoms with Crippen molar-refractivity contribution in [3.05, 3.63) is 30.3 Å². The molecule has 0 fully saturated rings. The Labute approximate surface area is 84.7 Å². The minimum atomic E-state index is -0.232. The molecule has 0 aromatic heterocycles. The van der Waals surface area contributed by atoms with Gasteiger partial charge in [0.2, 0.25) is 0 Å². The van der Waals surface area contributed by atoms with Gasteiger partial charge in [0.15, 0.2) is 0 Å². The minimum absolute atomic E-state index is 0.0970. The van der Waals surface area contributed by atoms with Gasteiger partial charge in [-0.1, -0.05) is 18.2 Å². The zero-order valence-corrected chi connectivity index (χ0v) is 8.40. The predicted octanol–water partition coefficient (Wildman–Crippen LogP) is -0.0700. The molecule has 1 aromatic rings. The van der Waals surface area contributed by atoms with E-state index in [4.69, 9.17) is 11.5 Å². The summed E-state index contributed by atoms with van der Waals surface area (Å²) in [5, 5.41) is 6.13. The van der Waals surface area contributed by atoms with E-state index >= 15 is 0 Å². The topological polar surface area (TPSA) is 76.1 Å². The summed E-state index contributed by atoms with van der Waals surface area (Å²) in [5.74, 6) is 0. The monoisotopic (exact) mass is 194 g/mol. The minimum Gasteiger partial charge on any atom is -0.369 e. The summed E-state index contributed by atoms with van der Waals surface area (Å²) >= 11 is 0. The summed E-state index contributed by atoms with van der Waals surface area (Å²) < 4.78 is 0. The van der Waals surface area contributed by atoms with Gasteiger partial charge in [0.1, 0.15) is 0 Å². The highest BCUT2D eigenvalue weighted by atomic mass is 15.1. The molecule has 6 N–H and O–H groups in total. The van der Waals surface area contributed by atoms with Crippen LogP contribution in [0.25, 0.3) is 0 Å². The molecular weight excluding hydrogens is 176 g/mol. The number of para-hydroxylation sites is 1. The maximum Gasteiger partial charge on any atom is 0.0910 e. The fourth-order valence-corrected chi connectivity index (χ4v) is 1.20. The molecule has 1 rings (SSSR count). The number of anilines is 1. The summed E-state index contributed by atoms with van der Waals surface area (Å²) in [5.41, 5.74) is 12.7. The second kappa shape index (κ2) is 5.59. The third-order valence-electron chi connectivity index (χ3n) is 2.01. The van der Waals surface area contributed by atoms with Gasteiger partial charge in [-0.25, -0.2) is 0 Å². The smallest absolute Gasteiger partial charge is 0.0910 e. The van der Waals surface area contributed by atoms with Crippen LogP contribution in [0.4, 0.5) is 5.69 Å². The first-order chi connectivity index (χ1) is 6.74. The second-order valence-electron chi connectivity index (χ2n) is 3.26. The van der Waals surface area contributed by atoms with Gasteiger partial charge in [-0.2, -0.15) is 0 Å². The Hall–Kier alpha value is -1.10. The lowest BCUT2D eigenvalue weighted by molar-refractivity contribution is 0.541. The molecule has 4 nitrogen and oxygen atoms in total. The van der Waals surface area contributed by atoms with Crippen molar-refractivity contribution in [3.8, 4) is 0 Å². The summed E-state index contributed by atoms with van der Waals surface area (Å²) in [6.45, 7) is 0.695. The van der Waals surface area contributed by atoms with Gasteiger partial charge in [-0.05, 0) is 19.2 Å². The van der Waals surface area contributed by atoms with Gasteiger partial charge in [0.05, 0.1) is 12.2 Å². The normalized spacial score (nSPS) is 14.8. The fraction of sp³-hybridized carbons (Fsp3) is 0.400. The van der Waals surface area contributed by atoms with Crippen LogP contribution in [-0.2, 0) is 0 Å². The summed E-state index contributed by atoms with van der Waals surface area (Å²) in [4.78, 5) is 0. The number of rotatable bonds is 5. The van der Waals surface area contributed by atoms with Gasteiger partial charge < -0.3 is 22.1 Å². The first-order valence-corrected chi connectivity index (χ1v) is 4.71. The Bertz CT molecular complexity index is 250. The standard InChI is InChI=1S/C10H18N4/c1-13-7-9(11)10(12)14-8-5-3-2-4-6-8/h2-6,9-10,13-14H,7,11-12H2,1H3. The Morgan fingerprint density at radius 1 is 1.21 bits per heavy atom. The molecule has 0 saturated carbocycles. The van der Waals surface area contributed by atoms with E-state index < -0.39 is 0 Å². The molecule has 0 aliphatic rings. The molecule has 0 aliphatic carbocycles. The van der Waals surface area contributed by atoms with Gasteiger partial charge in [-0.15, -0.1) is 0 Å². The highest BCUT2D eigenvalue weighted by molar-refractivity contribution is 5.43. The average molecular weight is 194 g/mol. The lowest BCUT2D eigenvalue weighted by atomic mass is 10.2. The lowest BCUT2D eigenvalue weighted by Gasteiger charge is -2.21. The highest BCUT2D eigenvalue weighted by Crippen LogP contribution is 2.05. The quantitative estimate of drug-likeness (QED) is 0.495. The molecule has 4 heteroatoms. The van der Waals surface area contributed by atoms with E-state index in [9.17, 15) is 0 Å². The lowest BCUT2D eigenvalue weighted by Crippen LogP contribution is -2.51. The number of nitrogens with one attached hydrogen (secondary N) is 2. The van der Waals surface area contributed by atoms with E-state index in [0.29, 0.717) is 6.54 Å². The first kappa shape index (κ1) is 11.0. The van der Waals surface area contributed by atoms with E-state index in [2.05, 4.69) is 10.6 Å². The molecule has 0 spiro atoms. The number of hydrogen-bond acceptors (Lipinski definition) is 4. The van der Waals surface area contributed by atoms with E-state index in [-0.39, 0.29) is 12.2 Å².